The van der Waals surface area contributed by atoms with Crippen LogP contribution in [0.3, 0.4) is 0 Å². The van der Waals surface area contributed by atoms with Crippen molar-refractivity contribution in [2.45, 2.75) is 6.92 Å². The maximum atomic E-state index is 12.6. The molecule has 0 spiro atoms. The van der Waals surface area contributed by atoms with Gasteiger partial charge in [-0.3, -0.25) is 14.9 Å². The number of carbonyl (C=O) groups is 2. The van der Waals surface area contributed by atoms with Gasteiger partial charge in [-0.25, -0.2) is 9.97 Å². The molecule has 8 nitrogen and oxygen atoms in total. The molecule has 0 radical (unpaired) electrons. The standard InChI is InChI=1S/C24H22N4O4S/c1-15(29)17-9-10-18(19(13-17)31-3)32-14-20(30)26-24-27-21(16-7-5-4-6-8-16)22(33-24)23-25-11-12-28(23)2/h4-13H,14H2,1-3H3,(H,26,27,30). The second kappa shape index (κ2) is 9.66. The summed E-state index contributed by atoms with van der Waals surface area (Å²) in [5.74, 6) is 1.06. The van der Waals surface area contributed by atoms with E-state index in [0.29, 0.717) is 22.2 Å². The fourth-order valence-electron chi connectivity index (χ4n) is 3.21. The number of hydrogen-bond acceptors (Lipinski definition) is 7. The minimum atomic E-state index is -0.368. The van der Waals surface area contributed by atoms with Crippen LogP contribution in [0.25, 0.3) is 22.0 Å². The number of nitrogens with zero attached hydrogens (tertiary/aromatic N) is 3. The van der Waals surface area contributed by atoms with Crippen molar-refractivity contribution < 1.29 is 19.1 Å². The molecule has 33 heavy (non-hydrogen) atoms. The summed E-state index contributed by atoms with van der Waals surface area (Å²) in [4.78, 5) is 34.1. The number of ether oxygens (including phenoxy) is 2. The number of aryl methyl sites for hydroxylation is 1. The Morgan fingerprint density at radius 2 is 1.91 bits per heavy atom. The molecule has 1 N–H and O–H groups in total. The molecule has 2 aromatic heterocycles. The summed E-state index contributed by atoms with van der Waals surface area (Å²) in [7, 11) is 3.39. The number of ketones is 1. The quantitative estimate of drug-likeness (QED) is 0.389. The van der Waals surface area contributed by atoms with Crippen LogP contribution in [-0.4, -0.2) is 39.9 Å². The van der Waals surface area contributed by atoms with Gasteiger partial charge in [0.15, 0.2) is 34.8 Å². The summed E-state index contributed by atoms with van der Waals surface area (Å²) in [6.45, 7) is 1.23. The van der Waals surface area contributed by atoms with Gasteiger partial charge >= 0.3 is 0 Å². The molecule has 0 unspecified atom stereocenters. The minimum absolute atomic E-state index is 0.0842. The molecule has 4 aromatic rings. The van der Waals surface area contributed by atoms with Gasteiger partial charge in [0.25, 0.3) is 5.91 Å². The molecule has 0 bridgehead atoms. The smallest absolute Gasteiger partial charge is 0.264 e. The number of amides is 1. The fourth-order valence-corrected chi connectivity index (χ4v) is 4.25. The van der Waals surface area contributed by atoms with E-state index >= 15 is 0 Å². The average Bonchev–Trinajstić information content (AvgIpc) is 3.43. The van der Waals surface area contributed by atoms with Gasteiger partial charge < -0.3 is 14.0 Å². The molecule has 0 aliphatic heterocycles. The Labute approximate surface area is 194 Å². The van der Waals surface area contributed by atoms with E-state index in [2.05, 4.69) is 15.3 Å². The van der Waals surface area contributed by atoms with E-state index in [1.54, 1.807) is 24.4 Å². The number of hydrogen-bond donors (Lipinski definition) is 1. The van der Waals surface area contributed by atoms with E-state index in [-0.39, 0.29) is 18.3 Å². The first-order valence-corrected chi connectivity index (χ1v) is 10.9. The number of aromatic nitrogens is 3. The summed E-state index contributed by atoms with van der Waals surface area (Å²) in [6.07, 6.45) is 3.58. The molecule has 2 aromatic carbocycles. The van der Waals surface area contributed by atoms with Crippen molar-refractivity contribution >= 4 is 28.2 Å². The second-order valence-corrected chi connectivity index (χ2v) is 8.18. The Hall–Kier alpha value is -3.98. The number of carbonyl (C=O) groups excluding carboxylic acids is 2. The number of imidazole rings is 1. The molecule has 4 rings (SSSR count). The molecule has 9 heteroatoms. The third kappa shape index (κ3) is 4.93. The molecule has 0 aliphatic carbocycles. The molecule has 0 fully saturated rings. The number of thiazole rings is 1. The summed E-state index contributed by atoms with van der Waals surface area (Å²) in [5, 5.41) is 3.25. The van der Waals surface area contributed by atoms with E-state index in [9.17, 15) is 9.59 Å². The maximum Gasteiger partial charge on any atom is 0.264 e. The summed E-state index contributed by atoms with van der Waals surface area (Å²) >= 11 is 1.34. The summed E-state index contributed by atoms with van der Waals surface area (Å²) in [5.41, 5.74) is 2.17. The van der Waals surface area contributed by atoms with Gasteiger partial charge in [0, 0.05) is 30.6 Å². The van der Waals surface area contributed by atoms with Gasteiger partial charge in [0.05, 0.1) is 17.7 Å². The third-order valence-corrected chi connectivity index (χ3v) is 5.84. The number of methoxy groups -OCH3 is 1. The van der Waals surface area contributed by atoms with Crippen molar-refractivity contribution in [3.63, 3.8) is 0 Å². The number of nitrogens with one attached hydrogen (secondary N) is 1. The lowest BCUT2D eigenvalue weighted by atomic mass is 10.1. The largest absolute Gasteiger partial charge is 0.493 e. The average molecular weight is 463 g/mol. The van der Waals surface area contributed by atoms with Crippen LogP contribution in [0.15, 0.2) is 60.9 Å². The molecule has 0 aliphatic rings. The first-order chi connectivity index (χ1) is 16.0. The Kier molecular flexibility index (Phi) is 6.50. The van der Waals surface area contributed by atoms with Gasteiger partial charge in [-0.2, -0.15) is 0 Å². The van der Waals surface area contributed by atoms with Crippen molar-refractivity contribution in [2.75, 3.05) is 19.0 Å². The zero-order chi connectivity index (χ0) is 23.4. The monoisotopic (exact) mass is 462 g/mol. The number of benzene rings is 2. The van der Waals surface area contributed by atoms with Crippen molar-refractivity contribution in [2.24, 2.45) is 7.05 Å². The number of Topliss-reactive ketones (excluding diaryl/α,β-unsaturated/α-hetero) is 1. The zero-order valence-electron chi connectivity index (χ0n) is 18.4. The lowest BCUT2D eigenvalue weighted by Crippen LogP contribution is -2.20. The zero-order valence-corrected chi connectivity index (χ0v) is 19.2. The van der Waals surface area contributed by atoms with Gasteiger partial charge in [-0.1, -0.05) is 41.7 Å². The molecular weight excluding hydrogens is 440 g/mol. The fraction of sp³-hybridized carbons (Fsp3) is 0.167. The van der Waals surface area contributed by atoms with E-state index in [1.165, 1.54) is 25.4 Å². The van der Waals surface area contributed by atoms with Gasteiger partial charge in [0.1, 0.15) is 0 Å². The van der Waals surface area contributed by atoms with E-state index in [4.69, 9.17) is 9.47 Å². The first-order valence-electron chi connectivity index (χ1n) is 10.1. The predicted molar refractivity (Wildman–Crippen MR) is 127 cm³/mol. The highest BCUT2D eigenvalue weighted by atomic mass is 32.1. The highest BCUT2D eigenvalue weighted by Gasteiger charge is 2.19. The van der Waals surface area contributed by atoms with Gasteiger partial charge in [0.2, 0.25) is 0 Å². The van der Waals surface area contributed by atoms with Crippen molar-refractivity contribution in [1.29, 1.82) is 0 Å². The van der Waals surface area contributed by atoms with Gasteiger partial charge in [-0.15, -0.1) is 0 Å². The van der Waals surface area contributed by atoms with Crippen LogP contribution in [0.5, 0.6) is 11.5 Å². The molecule has 168 valence electrons. The lowest BCUT2D eigenvalue weighted by Gasteiger charge is -2.11. The van der Waals surface area contributed by atoms with Gasteiger partial charge in [-0.05, 0) is 25.1 Å². The lowest BCUT2D eigenvalue weighted by molar-refractivity contribution is -0.118. The van der Waals surface area contributed by atoms with Crippen LogP contribution in [0.2, 0.25) is 0 Å². The minimum Gasteiger partial charge on any atom is -0.493 e. The molecule has 0 saturated heterocycles. The Bertz CT molecular complexity index is 1300. The summed E-state index contributed by atoms with van der Waals surface area (Å²) in [6, 6.07) is 14.6. The van der Waals surface area contributed by atoms with Crippen LogP contribution < -0.4 is 14.8 Å². The number of rotatable bonds is 8. The van der Waals surface area contributed by atoms with Crippen LogP contribution >= 0.6 is 11.3 Å². The predicted octanol–water partition coefficient (Wildman–Crippen LogP) is 4.44. The topological polar surface area (TPSA) is 95.3 Å². The van der Waals surface area contributed by atoms with Crippen LogP contribution in [0.4, 0.5) is 5.13 Å². The Morgan fingerprint density at radius 3 is 2.58 bits per heavy atom. The van der Waals surface area contributed by atoms with Crippen molar-refractivity contribution in [3.8, 4) is 33.5 Å². The van der Waals surface area contributed by atoms with E-state index < -0.39 is 0 Å². The first kappa shape index (κ1) is 22.2. The second-order valence-electron chi connectivity index (χ2n) is 7.18. The number of anilines is 1. The highest BCUT2D eigenvalue weighted by molar-refractivity contribution is 7.19. The van der Waals surface area contributed by atoms with Crippen molar-refractivity contribution in [1.82, 2.24) is 14.5 Å². The van der Waals surface area contributed by atoms with E-state index in [1.807, 2.05) is 48.1 Å². The SMILES string of the molecule is COc1cc(C(C)=O)ccc1OCC(=O)Nc1nc(-c2ccccc2)c(-c2nccn2C)s1. The van der Waals surface area contributed by atoms with Crippen molar-refractivity contribution in [3.05, 3.63) is 66.5 Å². The molecule has 0 saturated carbocycles. The molecule has 1 amide bonds. The highest BCUT2D eigenvalue weighted by Crippen LogP contribution is 2.38. The third-order valence-electron chi connectivity index (χ3n) is 4.87. The molecule has 2 heterocycles. The molecule has 0 atom stereocenters. The normalized spacial score (nSPS) is 10.6. The Balaban J connectivity index is 1.52. The van der Waals surface area contributed by atoms with E-state index in [0.717, 1.165) is 22.0 Å². The summed E-state index contributed by atoms with van der Waals surface area (Å²) < 4.78 is 12.8. The van der Waals surface area contributed by atoms with Crippen LogP contribution in [0.1, 0.15) is 17.3 Å². The maximum absolute atomic E-state index is 12.6. The molecular formula is C24H22N4O4S. The van der Waals surface area contributed by atoms with Crippen LogP contribution in [0, 0.1) is 0 Å². The van der Waals surface area contributed by atoms with Crippen LogP contribution in [-0.2, 0) is 11.8 Å². The Morgan fingerprint density at radius 1 is 1.12 bits per heavy atom.